The van der Waals surface area contributed by atoms with Gasteiger partial charge in [-0.1, -0.05) is 0 Å². The van der Waals surface area contributed by atoms with Gasteiger partial charge in [-0.05, 0) is 18.1 Å². The molecule has 0 bridgehead atoms. The van der Waals surface area contributed by atoms with Gasteiger partial charge in [-0.3, -0.25) is 19.7 Å². The maximum absolute atomic E-state index is 11.4. The number of Topliss-reactive ketones (excluding diaryl/α,β-unsaturated/α-hetero) is 1. The highest BCUT2D eigenvalue weighted by Crippen LogP contribution is 2.37. The minimum absolute atomic E-state index is 0.0229. The van der Waals surface area contributed by atoms with Crippen molar-refractivity contribution in [2.45, 2.75) is 25.7 Å². The zero-order chi connectivity index (χ0) is 15.0. The molecule has 2 aliphatic rings. The molecule has 7 nitrogen and oxygen atoms in total. The van der Waals surface area contributed by atoms with Gasteiger partial charge in [-0.15, -0.1) is 0 Å². The Balaban J connectivity index is 2.00. The smallest absolute Gasteiger partial charge is 0.294 e. The van der Waals surface area contributed by atoms with Crippen molar-refractivity contribution in [2.24, 2.45) is 0 Å². The van der Waals surface area contributed by atoms with Crippen molar-refractivity contribution in [1.29, 1.82) is 0 Å². The summed E-state index contributed by atoms with van der Waals surface area (Å²) in [4.78, 5) is 35.5. The minimum atomic E-state index is -0.438. The number of nitro groups is 1. The van der Waals surface area contributed by atoms with Crippen LogP contribution in [0.3, 0.4) is 0 Å². The van der Waals surface area contributed by atoms with Gasteiger partial charge < -0.3 is 10.2 Å². The molecule has 0 atom stereocenters. The van der Waals surface area contributed by atoms with Crippen LogP contribution in [0.5, 0.6) is 0 Å². The van der Waals surface area contributed by atoms with Crippen LogP contribution in [-0.2, 0) is 16.0 Å². The first-order chi connectivity index (χ1) is 10.0. The number of carbonyl (C=O) groups excluding carboxylic acids is 2. The summed E-state index contributed by atoms with van der Waals surface area (Å²) in [6.07, 6.45) is 1.82. The van der Waals surface area contributed by atoms with Crippen LogP contribution in [0.2, 0.25) is 0 Å². The molecule has 1 aromatic rings. The van der Waals surface area contributed by atoms with Gasteiger partial charge in [0.25, 0.3) is 5.69 Å². The molecule has 1 saturated heterocycles. The van der Waals surface area contributed by atoms with Crippen LogP contribution in [0.15, 0.2) is 12.1 Å². The molecule has 0 saturated carbocycles. The van der Waals surface area contributed by atoms with Crippen molar-refractivity contribution in [3.05, 3.63) is 27.8 Å². The number of nitro benzene ring substituents is 1. The van der Waals surface area contributed by atoms with Crippen LogP contribution < -0.4 is 10.2 Å². The number of amides is 1. The topological polar surface area (TPSA) is 92.6 Å². The van der Waals surface area contributed by atoms with Crippen molar-refractivity contribution in [3.8, 4) is 0 Å². The summed E-state index contributed by atoms with van der Waals surface area (Å²) in [5.41, 5.74) is 1.95. The number of benzene rings is 1. The van der Waals surface area contributed by atoms with Crippen LogP contribution in [0.25, 0.3) is 0 Å². The van der Waals surface area contributed by atoms with Gasteiger partial charge >= 0.3 is 0 Å². The number of fused-ring (bicyclic) bond motifs is 1. The normalized spacial score (nSPS) is 18.2. The number of aryl methyl sites for hydroxylation is 1. The SMILES string of the molecule is O=C1CCN(c2cc3c(cc2[N+](=O)[O-])NC(=O)CC3)CC1. The molecule has 3 rings (SSSR count). The van der Waals surface area contributed by atoms with Crippen molar-refractivity contribution in [2.75, 3.05) is 23.3 Å². The number of piperidine rings is 1. The highest BCUT2D eigenvalue weighted by molar-refractivity contribution is 5.95. The second-order valence-electron chi connectivity index (χ2n) is 5.33. The zero-order valence-electron chi connectivity index (χ0n) is 11.4. The van der Waals surface area contributed by atoms with E-state index < -0.39 is 4.92 Å². The third kappa shape index (κ3) is 2.58. The van der Waals surface area contributed by atoms with Crippen molar-refractivity contribution >= 4 is 28.8 Å². The lowest BCUT2D eigenvalue weighted by Crippen LogP contribution is -2.34. The first kappa shape index (κ1) is 13.5. The molecule has 21 heavy (non-hydrogen) atoms. The van der Waals surface area contributed by atoms with E-state index in [2.05, 4.69) is 5.32 Å². The van der Waals surface area contributed by atoms with E-state index in [0.717, 1.165) is 5.56 Å². The fourth-order valence-electron chi connectivity index (χ4n) is 2.80. The molecule has 2 aliphatic heterocycles. The summed E-state index contributed by atoms with van der Waals surface area (Å²) in [5, 5.41) is 14.0. The van der Waals surface area contributed by atoms with Gasteiger partial charge in [-0.25, -0.2) is 0 Å². The van der Waals surface area contributed by atoms with E-state index in [1.807, 2.05) is 4.90 Å². The zero-order valence-corrected chi connectivity index (χ0v) is 11.4. The molecule has 0 aromatic heterocycles. The van der Waals surface area contributed by atoms with E-state index in [-0.39, 0.29) is 17.4 Å². The summed E-state index contributed by atoms with van der Waals surface area (Å²) in [5.74, 6) is 0.0762. The summed E-state index contributed by atoms with van der Waals surface area (Å²) < 4.78 is 0. The second-order valence-corrected chi connectivity index (χ2v) is 5.33. The summed E-state index contributed by atoms with van der Waals surface area (Å²) in [7, 11) is 0. The van der Waals surface area contributed by atoms with E-state index in [0.29, 0.717) is 50.1 Å². The van der Waals surface area contributed by atoms with Gasteiger partial charge in [-0.2, -0.15) is 0 Å². The van der Waals surface area contributed by atoms with E-state index in [1.54, 1.807) is 6.07 Å². The van der Waals surface area contributed by atoms with E-state index in [1.165, 1.54) is 6.07 Å². The predicted molar refractivity (Wildman–Crippen MR) is 76.5 cm³/mol. The Labute approximate surface area is 121 Å². The number of nitrogens with one attached hydrogen (secondary N) is 1. The van der Waals surface area contributed by atoms with Crippen molar-refractivity contribution < 1.29 is 14.5 Å². The fraction of sp³-hybridized carbons (Fsp3) is 0.429. The first-order valence-electron chi connectivity index (χ1n) is 6.92. The highest BCUT2D eigenvalue weighted by atomic mass is 16.6. The number of anilines is 2. The Morgan fingerprint density at radius 2 is 1.81 bits per heavy atom. The van der Waals surface area contributed by atoms with Gasteiger partial charge in [0.05, 0.1) is 10.6 Å². The molecular formula is C14H15N3O4. The number of hydrogen-bond donors (Lipinski definition) is 1. The number of nitrogens with zero attached hydrogens (tertiary/aromatic N) is 2. The average molecular weight is 289 g/mol. The summed E-state index contributed by atoms with van der Waals surface area (Å²) in [6.45, 7) is 1.01. The Morgan fingerprint density at radius 1 is 1.10 bits per heavy atom. The van der Waals surface area contributed by atoms with Crippen molar-refractivity contribution in [3.63, 3.8) is 0 Å². The summed E-state index contributed by atoms with van der Waals surface area (Å²) >= 11 is 0. The lowest BCUT2D eigenvalue weighted by Gasteiger charge is -2.29. The Morgan fingerprint density at radius 3 is 2.48 bits per heavy atom. The number of hydrogen-bond acceptors (Lipinski definition) is 5. The van der Waals surface area contributed by atoms with E-state index >= 15 is 0 Å². The predicted octanol–water partition coefficient (Wildman–Crippen LogP) is 1.65. The van der Waals surface area contributed by atoms with Gasteiger partial charge in [0.2, 0.25) is 5.91 Å². The maximum atomic E-state index is 11.4. The van der Waals surface area contributed by atoms with Gasteiger partial charge in [0, 0.05) is 38.4 Å². The molecule has 1 N–H and O–H groups in total. The van der Waals surface area contributed by atoms with Crippen LogP contribution >= 0.6 is 0 Å². The Bertz CT molecular complexity index is 631. The molecule has 1 aromatic carbocycles. The third-order valence-corrected chi connectivity index (χ3v) is 3.95. The van der Waals surface area contributed by atoms with Crippen LogP contribution in [0.1, 0.15) is 24.8 Å². The number of rotatable bonds is 2. The van der Waals surface area contributed by atoms with E-state index in [9.17, 15) is 19.7 Å². The van der Waals surface area contributed by atoms with E-state index in [4.69, 9.17) is 0 Å². The molecule has 0 radical (unpaired) electrons. The lowest BCUT2D eigenvalue weighted by atomic mass is 10.00. The standard InChI is InChI=1S/C14H15N3O4/c18-10-3-5-16(6-4-10)12-7-9-1-2-14(19)15-11(9)8-13(12)17(20)21/h7-8H,1-6H2,(H,15,19). The molecule has 0 aliphatic carbocycles. The third-order valence-electron chi connectivity index (χ3n) is 3.95. The number of ketones is 1. The quantitative estimate of drug-likeness (QED) is 0.660. The molecule has 7 heteroatoms. The average Bonchev–Trinajstić information content (AvgIpc) is 2.46. The lowest BCUT2D eigenvalue weighted by molar-refractivity contribution is -0.384. The molecule has 0 unspecified atom stereocenters. The molecular weight excluding hydrogens is 274 g/mol. The monoisotopic (exact) mass is 289 g/mol. The fourth-order valence-corrected chi connectivity index (χ4v) is 2.80. The molecule has 2 heterocycles. The van der Waals surface area contributed by atoms with Crippen LogP contribution in [0, 0.1) is 10.1 Å². The van der Waals surface area contributed by atoms with Crippen molar-refractivity contribution in [1.82, 2.24) is 0 Å². The highest BCUT2D eigenvalue weighted by Gasteiger charge is 2.27. The Kier molecular flexibility index (Phi) is 3.32. The summed E-state index contributed by atoms with van der Waals surface area (Å²) in [6, 6.07) is 3.21. The maximum Gasteiger partial charge on any atom is 0.294 e. The second kappa shape index (κ2) is 5.16. The minimum Gasteiger partial charge on any atom is -0.365 e. The number of carbonyl (C=O) groups is 2. The van der Waals surface area contributed by atoms with Gasteiger partial charge in [0.1, 0.15) is 11.5 Å². The molecule has 1 fully saturated rings. The molecule has 0 spiro atoms. The van der Waals surface area contributed by atoms with Gasteiger partial charge in [0.15, 0.2) is 0 Å². The Hall–Kier alpha value is -2.44. The van der Waals surface area contributed by atoms with Crippen LogP contribution in [0.4, 0.5) is 17.1 Å². The molecule has 110 valence electrons. The first-order valence-corrected chi connectivity index (χ1v) is 6.92. The van der Waals surface area contributed by atoms with Crippen LogP contribution in [-0.4, -0.2) is 29.7 Å². The molecule has 1 amide bonds. The largest absolute Gasteiger partial charge is 0.365 e.